The zero-order chi connectivity index (χ0) is 16.8. The molecule has 26 heavy (non-hydrogen) atoms. The maximum absolute atomic E-state index is 12.3. The maximum atomic E-state index is 12.3. The Morgan fingerprint density at radius 3 is 2.46 bits per heavy atom. The Hall–Kier alpha value is -0.560. The van der Waals surface area contributed by atoms with Crippen molar-refractivity contribution in [1.29, 1.82) is 0 Å². The molecule has 2 aliphatic rings. The number of carbonyl (C=O) groups excluding carboxylic acids is 1. The van der Waals surface area contributed by atoms with Gasteiger partial charge >= 0.3 is 0 Å². The van der Waals surface area contributed by atoms with E-state index >= 15 is 0 Å². The molecule has 1 atom stereocenters. The van der Waals surface area contributed by atoms with Crippen LogP contribution in [0, 0.1) is 0 Å². The fraction of sp³-hybridized carbons (Fsp3) is 0.611. The molecular weight excluding hydrogens is 397 g/mol. The van der Waals surface area contributed by atoms with E-state index in [1.807, 2.05) is 17.0 Å². The Kier molecular flexibility index (Phi) is 10.8. The van der Waals surface area contributed by atoms with Gasteiger partial charge in [-0.15, -0.1) is 24.8 Å². The average Bonchev–Trinajstić information content (AvgIpc) is 3.11. The Balaban J connectivity index is 0.00000169. The van der Waals surface area contributed by atoms with Crippen LogP contribution in [-0.4, -0.2) is 67.7 Å². The van der Waals surface area contributed by atoms with Gasteiger partial charge in [-0.05, 0) is 30.5 Å². The van der Waals surface area contributed by atoms with E-state index in [0.717, 1.165) is 63.7 Å². The number of ether oxygens (including phenoxy) is 1. The van der Waals surface area contributed by atoms with E-state index in [1.165, 1.54) is 5.56 Å². The Bertz CT molecular complexity index is 531. The predicted octanol–water partition coefficient (Wildman–Crippen LogP) is 2.60. The number of benzene rings is 1. The van der Waals surface area contributed by atoms with Crippen LogP contribution in [0.1, 0.15) is 18.4 Å². The highest BCUT2D eigenvalue weighted by Gasteiger charge is 2.21. The van der Waals surface area contributed by atoms with Gasteiger partial charge in [-0.1, -0.05) is 23.7 Å². The van der Waals surface area contributed by atoms with E-state index in [-0.39, 0.29) is 36.8 Å². The van der Waals surface area contributed by atoms with E-state index in [1.54, 1.807) is 0 Å². The predicted molar refractivity (Wildman–Crippen MR) is 110 cm³/mol. The Morgan fingerprint density at radius 1 is 1.15 bits per heavy atom. The third-order valence-corrected chi connectivity index (χ3v) is 4.97. The molecule has 2 heterocycles. The van der Waals surface area contributed by atoms with Crippen LogP contribution >= 0.6 is 36.4 Å². The quantitative estimate of drug-likeness (QED) is 0.762. The molecule has 0 aliphatic carbocycles. The first-order valence-corrected chi connectivity index (χ1v) is 9.15. The molecule has 1 N–H and O–H groups in total. The van der Waals surface area contributed by atoms with Crippen molar-refractivity contribution in [3.8, 4) is 0 Å². The van der Waals surface area contributed by atoms with Crippen LogP contribution in [0.4, 0.5) is 0 Å². The lowest BCUT2D eigenvalue weighted by Gasteiger charge is -2.35. The largest absolute Gasteiger partial charge is 0.377 e. The molecule has 0 radical (unpaired) electrons. The van der Waals surface area contributed by atoms with Crippen LogP contribution in [0.3, 0.4) is 0 Å². The number of rotatable bonds is 6. The highest BCUT2D eigenvalue weighted by molar-refractivity contribution is 6.30. The molecule has 2 saturated heterocycles. The van der Waals surface area contributed by atoms with Gasteiger partial charge in [0, 0.05) is 50.9 Å². The number of carbonyl (C=O) groups is 1. The minimum absolute atomic E-state index is 0. The highest BCUT2D eigenvalue weighted by atomic mass is 35.5. The highest BCUT2D eigenvalue weighted by Crippen LogP contribution is 2.13. The van der Waals surface area contributed by atoms with Crippen molar-refractivity contribution >= 4 is 42.3 Å². The smallest absolute Gasteiger partial charge is 0.236 e. The van der Waals surface area contributed by atoms with Gasteiger partial charge in [0.2, 0.25) is 5.91 Å². The van der Waals surface area contributed by atoms with E-state index in [0.29, 0.717) is 6.54 Å². The fourth-order valence-corrected chi connectivity index (χ4v) is 3.39. The third-order valence-electron chi connectivity index (χ3n) is 4.72. The minimum Gasteiger partial charge on any atom is -0.377 e. The van der Waals surface area contributed by atoms with Crippen LogP contribution in [0.5, 0.6) is 0 Å². The maximum Gasteiger partial charge on any atom is 0.236 e. The first-order chi connectivity index (χ1) is 11.7. The van der Waals surface area contributed by atoms with Crippen molar-refractivity contribution in [1.82, 2.24) is 15.1 Å². The lowest BCUT2D eigenvalue weighted by molar-refractivity contribution is -0.132. The fourth-order valence-electron chi connectivity index (χ4n) is 3.26. The van der Waals surface area contributed by atoms with E-state index in [2.05, 4.69) is 22.3 Å². The van der Waals surface area contributed by atoms with Gasteiger partial charge in [-0.2, -0.15) is 0 Å². The van der Waals surface area contributed by atoms with Gasteiger partial charge < -0.3 is 15.0 Å². The van der Waals surface area contributed by atoms with Gasteiger partial charge in [-0.25, -0.2) is 0 Å². The molecule has 2 fully saturated rings. The second-order valence-electron chi connectivity index (χ2n) is 6.55. The van der Waals surface area contributed by atoms with Crippen molar-refractivity contribution < 1.29 is 9.53 Å². The van der Waals surface area contributed by atoms with Crippen LogP contribution in [0.15, 0.2) is 24.3 Å². The number of nitrogens with one attached hydrogen (secondary N) is 1. The number of hydrogen-bond donors (Lipinski definition) is 1. The molecule has 2 aliphatic heterocycles. The molecule has 1 aromatic carbocycles. The first-order valence-electron chi connectivity index (χ1n) is 8.77. The summed E-state index contributed by atoms with van der Waals surface area (Å²) in [6.45, 7) is 6.40. The zero-order valence-electron chi connectivity index (χ0n) is 14.9. The van der Waals surface area contributed by atoms with Crippen LogP contribution < -0.4 is 5.32 Å². The molecule has 0 saturated carbocycles. The molecular formula is C18H28Cl3N3O2. The Labute approximate surface area is 173 Å². The zero-order valence-corrected chi connectivity index (χ0v) is 17.3. The van der Waals surface area contributed by atoms with Gasteiger partial charge in [0.1, 0.15) is 0 Å². The van der Waals surface area contributed by atoms with Gasteiger partial charge in [0.15, 0.2) is 0 Å². The molecule has 1 aromatic rings. The van der Waals surface area contributed by atoms with Gasteiger partial charge in [0.05, 0.1) is 12.6 Å². The molecule has 5 nitrogen and oxygen atoms in total. The summed E-state index contributed by atoms with van der Waals surface area (Å²) >= 11 is 5.92. The summed E-state index contributed by atoms with van der Waals surface area (Å²) in [6.07, 6.45) is 2.52. The van der Waals surface area contributed by atoms with Crippen molar-refractivity contribution in [3.63, 3.8) is 0 Å². The second-order valence-corrected chi connectivity index (χ2v) is 6.99. The minimum atomic E-state index is 0. The normalized spacial score (nSPS) is 20.3. The van der Waals surface area contributed by atoms with Gasteiger partial charge in [-0.3, -0.25) is 9.69 Å². The molecule has 1 amide bonds. The average molecular weight is 425 g/mol. The van der Waals surface area contributed by atoms with Crippen LogP contribution in [-0.2, 0) is 16.1 Å². The summed E-state index contributed by atoms with van der Waals surface area (Å²) in [4.78, 5) is 16.6. The van der Waals surface area contributed by atoms with Gasteiger partial charge in [0.25, 0.3) is 0 Å². The molecule has 0 spiro atoms. The number of halogens is 3. The number of nitrogens with zero attached hydrogens (tertiary/aromatic N) is 2. The molecule has 8 heteroatoms. The van der Waals surface area contributed by atoms with E-state index in [9.17, 15) is 4.79 Å². The summed E-state index contributed by atoms with van der Waals surface area (Å²) in [5.41, 5.74) is 1.26. The van der Waals surface area contributed by atoms with Crippen molar-refractivity contribution in [2.75, 3.05) is 45.9 Å². The van der Waals surface area contributed by atoms with Crippen LogP contribution in [0.2, 0.25) is 5.02 Å². The van der Waals surface area contributed by atoms with Crippen LogP contribution in [0.25, 0.3) is 0 Å². The molecule has 3 rings (SSSR count). The topological polar surface area (TPSA) is 44.8 Å². The summed E-state index contributed by atoms with van der Waals surface area (Å²) in [7, 11) is 0. The van der Waals surface area contributed by atoms with E-state index in [4.69, 9.17) is 16.3 Å². The number of amides is 1. The molecule has 1 unspecified atom stereocenters. The number of hydrogen-bond acceptors (Lipinski definition) is 4. The summed E-state index contributed by atoms with van der Waals surface area (Å²) in [6, 6.07) is 7.98. The SMILES string of the molecule is Cl.Cl.O=C(CNCC1CCCO1)N1CCN(Cc2ccc(Cl)cc2)CC1. The molecule has 0 aromatic heterocycles. The summed E-state index contributed by atoms with van der Waals surface area (Å²) < 4.78 is 5.56. The first kappa shape index (κ1) is 23.5. The summed E-state index contributed by atoms with van der Waals surface area (Å²) in [5.74, 6) is 0.194. The van der Waals surface area contributed by atoms with E-state index < -0.39 is 0 Å². The lowest BCUT2D eigenvalue weighted by Crippen LogP contribution is -2.50. The second kappa shape index (κ2) is 12.0. The third kappa shape index (κ3) is 7.22. The summed E-state index contributed by atoms with van der Waals surface area (Å²) in [5, 5.41) is 4.01. The Morgan fingerprint density at radius 2 is 1.85 bits per heavy atom. The monoisotopic (exact) mass is 423 g/mol. The van der Waals surface area contributed by atoms with Crippen molar-refractivity contribution in [2.24, 2.45) is 0 Å². The number of piperazine rings is 1. The molecule has 0 bridgehead atoms. The van der Waals surface area contributed by atoms with Crippen molar-refractivity contribution in [2.45, 2.75) is 25.5 Å². The molecule has 148 valence electrons. The standard InChI is InChI=1S/C18H26ClN3O2.2ClH/c19-16-5-3-15(4-6-16)14-21-7-9-22(10-8-21)18(23)13-20-12-17-2-1-11-24-17;;/h3-6,17,20H,1-2,7-14H2;2*1H. The van der Waals surface area contributed by atoms with Crippen molar-refractivity contribution in [3.05, 3.63) is 34.9 Å². The lowest BCUT2D eigenvalue weighted by atomic mass is 10.2.